The van der Waals surface area contributed by atoms with Gasteiger partial charge in [0.2, 0.25) is 0 Å². The van der Waals surface area contributed by atoms with Crippen molar-refractivity contribution < 1.29 is 17.9 Å². The average Bonchev–Trinajstić information content (AvgIpc) is 2.90. The van der Waals surface area contributed by atoms with Gasteiger partial charge in [0, 0.05) is 17.5 Å². The first-order valence-corrected chi connectivity index (χ1v) is 12.8. The fraction of sp³-hybridized carbons (Fsp3) is 0.281. The lowest BCUT2D eigenvalue weighted by atomic mass is 9.96. The summed E-state index contributed by atoms with van der Waals surface area (Å²) in [5.41, 5.74) is 2.37. The van der Waals surface area contributed by atoms with Crippen LogP contribution < -0.4 is 4.74 Å². The number of nitriles is 1. The number of aryl methyl sites for hydroxylation is 2. The lowest BCUT2D eigenvalue weighted by Gasteiger charge is -2.12. The molecule has 0 heterocycles. The molecule has 0 fully saturated rings. The van der Waals surface area contributed by atoms with Crippen molar-refractivity contribution in [2.75, 3.05) is 6.61 Å². The number of fused-ring (bicyclic) bond motifs is 1. The van der Waals surface area contributed by atoms with E-state index in [1.807, 2.05) is 12.1 Å². The molecule has 5 heteroatoms. The Morgan fingerprint density at radius 1 is 0.784 bits per heavy atom. The maximum Gasteiger partial charge on any atom is 0.137 e. The Labute approximate surface area is 216 Å². The Morgan fingerprint density at radius 2 is 1.51 bits per heavy atom. The highest BCUT2D eigenvalue weighted by Crippen LogP contribution is 2.33. The number of halogens is 3. The molecule has 0 N–H and O–H groups in total. The summed E-state index contributed by atoms with van der Waals surface area (Å²) in [6, 6.07) is 20.0. The molecule has 0 amide bonds. The molecule has 37 heavy (non-hydrogen) atoms. The minimum absolute atomic E-state index is 0.150. The van der Waals surface area contributed by atoms with Gasteiger partial charge in [-0.05, 0) is 59.5 Å². The Balaban J connectivity index is 1.48. The normalized spacial score (nSPS) is 11.0. The van der Waals surface area contributed by atoms with Crippen LogP contribution in [0, 0.1) is 28.8 Å². The summed E-state index contributed by atoms with van der Waals surface area (Å²) in [5, 5.41) is 9.90. The first-order valence-electron chi connectivity index (χ1n) is 12.8. The van der Waals surface area contributed by atoms with Gasteiger partial charge in [0.1, 0.15) is 23.2 Å². The maximum absolute atomic E-state index is 15.2. The van der Waals surface area contributed by atoms with E-state index in [9.17, 15) is 8.78 Å². The largest absolute Gasteiger partial charge is 0.493 e. The molecular formula is C32H30F3NO. The number of hydrogen-bond donors (Lipinski definition) is 0. The zero-order valence-corrected chi connectivity index (χ0v) is 21.0. The Kier molecular flexibility index (Phi) is 8.85. The van der Waals surface area contributed by atoms with Crippen LogP contribution in [0.15, 0.2) is 66.7 Å². The molecule has 2 nitrogen and oxygen atoms in total. The fourth-order valence-corrected chi connectivity index (χ4v) is 4.52. The summed E-state index contributed by atoms with van der Waals surface area (Å²) in [6.07, 6.45) is 6.46. The molecule has 0 spiro atoms. The van der Waals surface area contributed by atoms with Crippen molar-refractivity contribution in [1.82, 2.24) is 0 Å². The summed E-state index contributed by atoms with van der Waals surface area (Å²) in [6.45, 7) is 2.57. The van der Waals surface area contributed by atoms with Crippen LogP contribution in [0.3, 0.4) is 0 Å². The molecule has 0 aliphatic carbocycles. The molecule has 0 atom stereocenters. The maximum atomic E-state index is 15.2. The summed E-state index contributed by atoms with van der Waals surface area (Å²) in [7, 11) is 0. The van der Waals surface area contributed by atoms with Crippen LogP contribution in [0.4, 0.5) is 13.2 Å². The van der Waals surface area contributed by atoms with Crippen LogP contribution in [0.5, 0.6) is 5.75 Å². The lowest BCUT2D eigenvalue weighted by Crippen LogP contribution is -2.00. The van der Waals surface area contributed by atoms with Crippen LogP contribution >= 0.6 is 0 Å². The van der Waals surface area contributed by atoms with Gasteiger partial charge in [-0.3, -0.25) is 0 Å². The van der Waals surface area contributed by atoms with Gasteiger partial charge in [-0.15, -0.1) is 0 Å². The van der Waals surface area contributed by atoms with E-state index in [2.05, 4.69) is 13.0 Å². The second-order valence-electron chi connectivity index (χ2n) is 9.31. The third-order valence-electron chi connectivity index (χ3n) is 6.62. The zero-order valence-electron chi connectivity index (χ0n) is 21.0. The average molecular weight is 502 g/mol. The van der Waals surface area contributed by atoms with Crippen LogP contribution in [0.1, 0.15) is 55.7 Å². The molecule has 0 unspecified atom stereocenters. The predicted octanol–water partition coefficient (Wildman–Crippen LogP) is 8.93. The van der Waals surface area contributed by atoms with Gasteiger partial charge in [0.15, 0.2) is 0 Å². The van der Waals surface area contributed by atoms with Crippen molar-refractivity contribution in [3.63, 3.8) is 0 Å². The molecule has 0 radical (unpaired) electrons. The van der Waals surface area contributed by atoms with E-state index in [1.165, 1.54) is 18.6 Å². The summed E-state index contributed by atoms with van der Waals surface area (Å²) < 4.78 is 50.6. The molecule has 4 aromatic rings. The van der Waals surface area contributed by atoms with E-state index >= 15 is 4.39 Å². The summed E-state index contributed by atoms with van der Waals surface area (Å²) in [5.74, 6) is -1.58. The van der Waals surface area contributed by atoms with Gasteiger partial charge in [-0.25, -0.2) is 13.2 Å². The molecule has 0 aliphatic rings. The van der Waals surface area contributed by atoms with Crippen LogP contribution in [0.25, 0.3) is 21.9 Å². The van der Waals surface area contributed by atoms with Crippen molar-refractivity contribution in [2.24, 2.45) is 0 Å². The summed E-state index contributed by atoms with van der Waals surface area (Å²) in [4.78, 5) is 0. The highest BCUT2D eigenvalue weighted by molar-refractivity contribution is 5.88. The number of rotatable bonds is 11. The van der Waals surface area contributed by atoms with Crippen molar-refractivity contribution in [3.8, 4) is 22.9 Å². The van der Waals surface area contributed by atoms with Gasteiger partial charge in [-0.2, -0.15) is 5.26 Å². The van der Waals surface area contributed by atoms with Crippen molar-refractivity contribution in [1.29, 1.82) is 5.26 Å². The standard InChI is InChI=1S/C32H30F3NO/c1-2-3-4-5-6-17-37-27-19-29(33)31(30(34)20-27)26-15-16-28-25(18-26)14-13-24(32(28)35)12-11-22-7-9-23(21-36)10-8-22/h7-10,13-16,18-20H,2-6,11-12,17H2,1H3. The summed E-state index contributed by atoms with van der Waals surface area (Å²) >= 11 is 0. The SMILES string of the molecule is CCCCCCCOc1cc(F)c(-c2ccc3c(F)c(CCc4ccc(C#N)cc4)ccc3c2)c(F)c1. The van der Waals surface area contributed by atoms with Crippen LogP contribution in [0.2, 0.25) is 0 Å². The molecule has 4 rings (SSSR count). The monoisotopic (exact) mass is 501 g/mol. The Hall–Kier alpha value is -3.78. The predicted molar refractivity (Wildman–Crippen MR) is 142 cm³/mol. The highest BCUT2D eigenvalue weighted by atomic mass is 19.1. The molecule has 0 bridgehead atoms. The van der Waals surface area contributed by atoms with E-state index in [4.69, 9.17) is 10.00 Å². The van der Waals surface area contributed by atoms with E-state index in [0.717, 1.165) is 31.2 Å². The van der Waals surface area contributed by atoms with E-state index in [0.29, 0.717) is 46.9 Å². The molecule has 0 aliphatic heterocycles. The number of unbranched alkanes of at least 4 members (excludes halogenated alkanes) is 4. The van der Waals surface area contributed by atoms with Gasteiger partial charge in [0.25, 0.3) is 0 Å². The van der Waals surface area contributed by atoms with E-state index < -0.39 is 11.6 Å². The molecular weight excluding hydrogens is 471 g/mol. The Morgan fingerprint density at radius 3 is 2.22 bits per heavy atom. The lowest BCUT2D eigenvalue weighted by molar-refractivity contribution is 0.301. The van der Waals surface area contributed by atoms with E-state index in [1.54, 1.807) is 42.5 Å². The van der Waals surface area contributed by atoms with E-state index in [-0.39, 0.29) is 17.1 Å². The first kappa shape index (κ1) is 26.3. The molecule has 0 aromatic heterocycles. The fourth-order valence-electron chi connectivity index (χ4n) is 4.52. The minimum Gasteiger partial charge on any atom is -0.493 e. The molecule has 0 saturated heterocycles. The van der Waals surface area contributed by atoms with Crippen molar-refractivity contribution in [3.05, 3.63) is 101 Å². The van der Waals surface area contributed by atoms with Gasteiger partial charge in [-0.1, -0.05) is 69.0 Å². The highest BCUT2D eigenvalue weighted by Gasteiger charge is 2.16. The molecule has 0 saturated carbocycles. The third kappa shape index (κ3) is 6.51. The Bertz CT molecular complexity index is 1380. The van der Waals surface area contributed by atoms with Gasteiger partial charge < -0.3 is 4.74 Å². The van der Waals surface area contributed by atoms with Gasteiger partial charge >= 0.3 is 0 Å². The van der Waals surface area contributed by atoms with Crippen molar-refractivity contribution >= 4 is 10.8 Å². The van der Waals surface area contributed by atoms with Gasteiger partial charge in [0.05, 0.1) is 23.8 Å². The number of nitrogens with zero attached hydrogens (tertiary/aromatic N) is 1. The minimum atomic E-state index is -0.708. The number of hydrogen-bond acceptors (Lipinski definition) is 2. The topological polar surface area (TPSA) is 33.0 Å². The third-order valence-corrected chi connectivity index (χ3v) is 6.62. The second kappa shape index (κ2) is 12.5. The quantitative estimate of drug-likeness (QED) is 0.192. The molecule has 190 valence electrons. The second-order valence-corrected chi connectivity index (χ2v) is 9.31. The number of benzene rings is 4. The molecule has 4 aromatic carbocycles. The zero-order chi connectivity index (χ0) is 26.2. The van der Waals surface area contributed by atoms with Crippen LogP contribution in [-0.4, -0.2) is 6.61 Å². The first-order chi connectivity index (χ1) is 18.0. The smallest absolute Gasteiger partial charge is 0.137 e. The van der Waals surface area contributed by atoms with Crippen LogP contribution in [-0.2, 0) is 12.8 Å². The number of ether oxygens (including phenoxy) is 1. The van der Waals surface area contributed by atoms with Crippen molar-refractivity contribution in [2.45, 2.75) is 51.9 Å².